The van der Waals surface area contributed by atoms with Crippen molar-refractivity contribution in [3.05, 3.63) is 35.9 Å². The maximum absolute atomic E-state index is 11.6. The van der Waals surface area contributed by atoms with Gasteiger partial charge in [0.25, 0.3) is 0 Å². The summed E-state index contributed by atoms with van der Waals surface area (Å²) in [4.78, 5) is 14.0. The van der Waals surface area contributed by atoms with Crippen molar-refractivity contribution in [3.63, 3.8) is 0 Å². The topological polar surface area (TPSA) is 29.5 Å². The number of hydrogen-bond acceptors (Lipinski definition) is 3. The Morgan fingerprint density at radius 2 is 2.06 bits per heavy atom. The van der Waals surface area contributed by atoms with E-state index in [1.807, 2.05) is 13.0 Å². The maximum atomic E-state index is 11.6. The third-order valence-electron chi connectivity index (χ3n) is 3.90. The van der Waals surface area contributed by atoms with Crippen molar-refractivity contribution in [3.8, 4) is 0 Å². The van der Waals surface area contributed by atoms with Gasteiger partial charge >= 0.3 is 5.97 Å². The summed E-state index contributed by atoms with van der Waals surface area (Å²) in [6, 6.07) is 10.4. The first-order valence-electron chi connectivity index (χ1n) is 6.21. The van der Waals surface area contributed by atoms with E-state index in [9.17, 15) is 4.79 Å². The number of likely N-dealkylation sites (tertiary alicyclic amines) is 1. The number of carbonyl (C=O) groups excluding carboxylic acids is 1. The van der Waals surface area contributed by atoms with Gasteiger partial charge in [0.15, 0.2) is 0 Å². The standard InChI is InChI=1S/C14H17NO2/c1-10-12-8-15(9-13(12)14(16)17-10)7-11-5-3-2-4-6-11/h2-6,10,12-13H,7-9H2,1H3/t10?,12-,13-/m0/s1. The predicted molar refractivity (Wildman–Crippen MR) is 64.3 cm³/mol. The molecule has 0 spiro atoms. The van der Waals surface area contributed by atoms with Gasteiger partial charge in [0.05, 0.1) is 5.92 Å². The van der Waals surface area contributed by atoms with Crippen molar-refractivity contribution >= 4 is 5.97 Å². The molecule has 0 aromatic heterocycles. The van der Waals surface area contributed by atoms with Crippen molar-refractivity contribution in [1.82, 2.24) is 4.90 Å². The minimum atomic E-state index is -0.00179. The molecule has 1 unspecified atom stereocenters. The third kappa shape index (κ3) is 1.95. The number of carbonyl (C=O) groups is 1. The van der Waals surface area contributed by atoms with Crippen LogP contribution in [0, 0.1) is 11.8 Å². The highest BCUT2D eigenvalue weighted by atomic mass is 16.6. The van der Waals surface area contributed by atoms with Crippen LogP contribution in [0.4, 0.5) is 0 Å². The Kier molecular flexibility index (Phi) is 2.63. The van der Waals surface area contributed by atoms with E-state index >= 15 is 0 Å². The molecule has 2 aliphatic heterocycles. The van der Waals surface area contributed by atoms with E-state index in [0.717, 1.165) is 19.6 Å². The molecule has 3 rings (SSSR count). The van der Waals surface area contributed by atoms with Gasteiger partial charge < -0.3 is 4.74 Å². The average Bonchev–Trinajstić information content (AvgIpc) is 2.83. The van der Waals surface area contributed by atoms with Gasteiger partial charge in [0.1, 0.15) is 6.10 Å². The number of nitrogens with zero attached hydrogens (tertiary/aromatic N) is 1. The molecule has 17 heavy (non-hydrogen) atoms. The predicted octanol–water partition coefficient (Wildman–Crippen LogP) is 1.68. The van der Waals surface area contributed by atoms with Crippen LogP contribution < -0.4 is 0 Å². The van der Waals surface area contributed by atoms with E-state index in [0.29, 0.717) is 5.92 Å². The van der Waals surface area contributed by atoms with E-state index < -0.39 is 0 Å². The summed E-state index contributed by atoms with van der Waals surface area (Å²) in [7, 11) is 0. The first-order chi connectivity index (χ1) is 8.24. The molecule has 0 radical (unpaired) electrons. The quantitative estimate of drug-likeness (QED) is 0.725. The lowest BCUT2D eigenvalue weighted by atomic mass is 9.95. The molecule has 1 aromatic carbocycles. The van der Waals surface area contributed by atoms with E-state index in [-0.39, 0.29) is 18.0 Å². The Morgan fingerprint density at radius 1 is 1.29 bits per heavy atom. The van der Waals surface area contributed by atoms with Crippen LogP contribution in [0.5, 0.6) is 0 Å². The number of rotatable bonds is 2. The van der Waals surface area contributed by atoms with Gasteiger partial charge in [-0.2, -0.15) is 0 Å². The van der Waals surface area contributed by atoms with Gasteiger partial charge in [-0.05, 0) is 12.5 Å². The van der Waals surface area contributed by atoms with Crippen LogP contribution in [0.1, 0.15) is 12.5 Å². The summed E-state index contributed by atoms with van der Waals surface area (Å²) in [5.74, 6) is 0.498. The first kappa shape index (κ1) is 10.8. The van der Waals surface area contributed by atoms with Crippen molar-refractivity contribution in [2.24, 2.45) is 11.8 Å². The van der Waals surface area contributed by atoms with Crippen molar-refractivity contribution < 1.29 is 9.53 Å². The summed E-state index contributed by atoms with van der Waals surface area (Å²) < 4.78 is 5.26. The molecule has 90 valence electrons. The number of benzene rings is 1. The second-order valence-electron chi connectivity index (χ2n) is 5.09. The Balaban J connectivity index is 1.67. The van der Waals surface area contributed by atoms with Gasteiger partial charge in [-0.3, -0.25) is 9.69 Å². The lowest BCUT2D eigenvalue weighted by Gasteiger charge is -2.18. The zero-order valence-corrected chi connectivity index (χ0v) is 10.0. The highest BCUT2D eigenvalue weighted by Crippen LogP contribution is 2.35. The third-order valence-corrected chi connectivity index (χ3v) is 3.90. The number of cyclic esters (lactones) is 1. The molecular weight excluding hydrogens is 214 g/mol. The zero-order chi connectivity index (χ0) is 11.8. The van der Waals surface area contributed by atoms with Gasteiger partial charge in [0, 0.05) is 25.6 Å². The highest BCUT2D eigenvalue weighted by Gasteiger charge is 2.47. The summed E-state index contributed by atoms with van der Waals surface area (Å²) in [6.45, 7) is 4.78. The molecule has 3 heteroatoms. The largest absolute Gasteiger partial charge is 0.462 e. The summed E-state index contributed by atoms with van der Waals surface area (Å²) in [6.07, 6.45) is 0.0910. The second-order valence-corrected chi connectivity index (χ2v) is 5.09. The molecule has 0 N–H and O–H groups in total. The highest BCUT2D eigenvalue weighted by molar-refractivity contribution is 5.76. The minimum Gasteiger partial charge on any atom is -0.462 e. The lowest BCUT2D eigenvalue weighted by Crippen LogP contribution is -2.25. The first-order valence-corrected chi connectivity index (χ1v) is 6.21. The van der Waals surface area contributed by atoms with Gasteiger partial charge in [-0.1, -0.05) is 30.3 Å². The fourth-order valence-corrected chi connectivity index (χ4v) is 2.97. The van der Waals surface area contributed by atoms with Crippen LogP contribution in [0.25, 0.3) is 0 Å². The number of ether oxygens (including phenoxy) is 1. The smallest absolute Gasteiger partial charge is 0.310 e. The van der Waals surface area contributed by atoms with E-state index in [1.54, 1.807) is 0 Å². The fourth-order valence-electron chi connectivity index (χ4n) is 2.97. The Labute approximate surface area is 101 Å². The lowest BCUT2D eigenvalue weighted by molar-refractivity contribution is -0.144. The van der Waals surface area contributed by atoms with E-state index in [2.05, 4.69) is 29.2 Å². The molecule has 3 atom stereocenters. The Bertz CT molecular complexity index is 417. The fraction of sp³-hybridized carbons (Fsp3) is 0.500. The average molecular weight is 231 g/mol. The van der Waals surface area contributed by atoms with Crippen LogP contribution in [0.2, 0.25) is 0 Å². The monoisotopic (exact) mass is 231 g/mol. The molecule has 0 aliphatic carbocycles. The molecule has 0 bridgehead atoms. The molecule has 2 saturated heterocycles. The maximum Gasteiger partial charge on any atom is 0.310 e. The molecule has 3 nitrogen and oxygen atoms in total. The molecule has 2 heterocycles. The van der Waals surface area contributed by atoms with Crippen molar-refractivity contribution in [1.29, 1.82) is 0 Å². The Hall–Kier alpha value is -1.35. The molecule has 2 aliphatic rings. The van der Waals surface area contributed by atoms with Crippen LogP contribution in [-0.2, 0) is 16.1 Å². The summed E-state index contributed by atoms with van der Waals surface area (Å²) in [5.41, 5.74) is 1.31. The molecule has 2 fully saturated rings. The van der Waals surface area contributed by atoms with Crippen LogP contribution in [0.3, 0.4) is 0 Å². The molecular formula is C14H17NO2. The van der Waals surface area contributed by atoms with E-state index in [1.165, 1.54) is 5.56 Å². The number of fused-ring (bicyclic) bond motifs is 1. The van der Waals surface area contributed by atoms with Crippen LogP contribution in [0.15, 0.2) is 30.3 Å². The molecule has 0 amide bonds. The number of hydrogen-bond donors (Lipinski definition) is 0. The van der Waals surface area contributed by atoms with Crippen molar-refractivity contribution in [2.45, 2.75) is 19.6 Å². The van der Waals surface area contributed by atoms with Gasteiger partial charge in [-0.15, -0.1) is 0 Å². The van der Waals surface area contributed by atoms with Gasteiger partial charge in [-0.25, -0.2) is 0 Å². The van der Waals surface area contributed by atoms with E-state index in [4.69, 9.17) is 4.74 Å². The zero-order valence-electron chi connectivity index (χ0n) is 10.0. The van der Waals surface area contributed by atoms with Crippen molar-refractivity contribution in [2.75, 3.05) is 13.1 Å². The van der Waals surface area contributed by atoms with Gasteiger partial charge in [0.2, 0.25) is 0 Å². The second kappa shape index (κ2) is 4.15. The molecule has 0 saturated carbocycles. The van der Waals surface area contributed by atoms with Crippen LogP contribution in [-0.4, -0.2) is 30.1 Å². The summed E-state index contributed by atoms with van der Waals surface area (Å²) in [5, 5.41) is 0. The summed E-state index contributed by atoms with van der Waals surface area (Å²) >= 11 is 0. The minimum absolute atomic E-state index is 0.00179. The SMILES string of the molecule is CC1OC(=O)[C@H]2CN(Cc3ccccc3)C[C@@H]12. The van der Waals surface area contributed by atoms with Crippen LogP contribution >= 0.6 is 0 Å². The Morgan fingerprint density at radius 3 is 2.76 bits per heavy atom. The number of esters is 1. The normalized spacial score (nSPS) is 32.5. The molecule has 1 aromatic rings.